The van der Waals surface area contributed by atoms with E-state index in [0.717, 1.165) is 6.54 Å². The zero-order valence-electron chi connectivity index (χ0n) is 9.77. The number of hydrogen-bond donors (Lipinski definition) is 1. The summed E-state index contributed by atoms with van der Waals surface area (Å²) in [5.41, 5.74) is 0.289. The monoisotopic (exact) mass is 243 g/mol. The Morgan fingerprint density at radius 1 is 1.29 bits per heavy atom. The van der Waals surface area contributed by atoms with Crippen LogP contribution in [0.1, 0.15) is 30.4 Å². The van der Waals surface area contributed by atoms with E-state index in [2.05, 4.69) is 5.32 Å². The van der Waals surface area contributed by atoms with Crippen LogP contribution < -0.4 is 5.32 Å². The SMILES string of the molecule is Cc1ccc(NCC2CCC2)cc1C(F)(F)F. The third-order valence-corrected chi connectivity index (χ3v) is 3.36. The lowest BCUT2D eigenvalue weighted by Crippen LogP contribution is -2.21. The molecule has 0 atom stereocenters. The van der Waals surface area contributed by atoms with Crippen molar-refractivity contribution in [3.63, 3.8) is 0 Å². The second-order valence-corrected chi connectivity index (χ2v) is 4.71. The van der Waals surface area contributed by atoms with Gasteiger partial charge in [0.1, 0.15) is 0 Å². The average molecular weight is 243 g/mol. The van der Waals surface area contributed by atoms with Crippen LogP contribution in [-0.2, 0) is 6.18 Å². The van der Waals surface area contributed by atoms with Gasteiger partial charge in [-0.1, -0.05) is 12.5 Å². The third-order valence-electron chi connectivity index (χ3n) is 3.36. The second kappa shape index (κ2) is 4.59. The lowest BCUT2D eigenvalue weighted by Gasteiger charge is -2.26. The molecule has 0 aliphatic heterocycles. The van der Waals surface area contributed by atoms with Crippen LogP contribution in [0.2, 0.25) is 0 Å². The molecule has 1 aromatic carbocycles. The van der Waals surface area contributed by atoms with E-state index >= 15 is 0 Å². The molecule has 17 heavy (non-hydrogen) atoms. The van der Waals surface area contributed by atoms with E-state index < -0.39 is 11.7 Å². The maximum atomic E-state index is 12.7. The molecule has 1 N–H and O–H groups in total. The molecule has 0 unspecified atom stereocenters. The second-order valence-electron chi connectivity index (χ2n) is 4.71. The lowest BCUT2D eigenvalue weighted by molar-refractivity contribution is -0.138. The summed E-state index contributed by atoms with van der Waals surface area (Å²) in [6.45, 7) is 2.26. The summed E-state index contributed by atoms with van der Waals surface area (Å²) in [5.74, 6) is 0.630. The van der Waals surface area contributed by atoms with Gasteiger partial charge in [-0.2, -0.15) is 13.2 Å². The van der Waals surface area contributed by atoms with Crippen molar-refractivity contribution < 1.29 is 13.2 Å². The van der Waals surface area contributed by atoms with E-state index in [9.17, 15) is 13.2 Å². The van der Waals surface area contributed by atoms with Crippen molar-refractivity contribution in [3.8, 4) is 0 Å². The predicted octanol–water partition coefficient (Wildman–Crippen LogP) is 4.23. The molecule has 0 radical (unpaired) electrons. The van der Waals surface area contributed by atoms with Crippen molar-refractivity contribution in [1.82, 2.24) is 0 Å². The van der Waals surface area contributed by atoms with Crippen LogP contribution in [0.15, 0.2) is 18.2 Å². The van der Waals surface area contributed by atoms with Gasteiger partial charge in [-0.25, -0.2) is 0 Å². The van der Waals surface area contributed by atoms with Crippen LogP contribution in [0.3, 0.4) is 0 Å². The molecular weight excluding hydrogens is 227 g/mol. The van der Waals surface area contributed by atoms with E-state index in [4.69, 9.17) is 0 Å². The van der Waals surface area contributed by atoms with Gasteiger partial charge in [-0.3, -0.25) is 0 Å². The highest BCUT2D eigenvalue weighted by molar-refractivity contribution is 5.49. The first-order chi connectivity index (χ1) is 7.97. The zero-order chi connectivity index (χ0) is 12.5. The fourth-order valence-electron chi connectivity index (χ4n) is 2.00. The summed E-state index contributed by atoms with van der Waals surface area (Å²) in [6.07, 6.45) is -0.651. The van der Waals surface area contributed by atoms with Gasteiger partial charge in [0.15, 0.2) is 0 Å². The van der Waals surface area contributed by atoms with Crippen LogP contribution in [0.25, 0.3) is 0 Å². The Kier molecular flexibility index (Phi) is 3.31. The molecule has 0 amide bonds. The summed E-state index contributed by atoms with van der Waals surface area (Å²) in [4.78, 5) is 0. The largest absolute Gasteiger partial charge is 0.416 e. The Morgan fingerprint density at radius 3 is 2.53 bits per heavy atom. The number of halogens is 3. The van der Waals surface area contributed by atoms with E-state index in [1.165, 1.54) is 38.3 Å². The molecule has 0 spiro atoms. The number of aryl methyl sites for hydroxylation is 1. The minimum absolute atomic E-state index is 0.270. The highest BCUT2D eigenvalue weighted by atomic mass is 19.4. The molecule has 1 aliphatic rings. The fraction of sp³-hybridized carbons (Fsp3) is 0.538. The summed E-state index contributed by atoms with van der Waals surface area (Å²) in [7, 11) is 0. The number of nitrogens with one attached hydrogen (secondary N) is 1. The third kappa shape index (κ3) is 2.93. The first kappa shape index (κ1) is 12.3. The van der Waals surface area contributed by atoms with E-state index in [1.807, 2.05) is 0 Å². The quantitative estimate of drug-likeness (QED) is 0.837. The zero-order valence-corrected chi connectivity index (χ0v) is 9.77. The molecule has 1 saturated carbocycles. The smallest absolute Gasteiger partial charge is 0.385 e. The van der Waals surface area contributed by atoms with Crippen molar-refractivity contribution in [2.75, 3.05) is 11.9 Å². The van der Waals surface area contributed by atoms with E-state index in [1.54, 1.807) is 6.07 Å². The number of benzene rings is 1. The minimum Gasteiger partial charge on any atom is -0.385 e. The summed E-state index contributed by atoms with van der Waals surface area (Å²) >= 11 is 0. The van der Waals surface area contributed by atoms with Gasteiger partial charge in [-0.05, 0) is 43.4 Å². The highest BCUT2D eigenvalue weighted by Gasteiger charge is 2.32. The van der Waals surface area contributed by atoms with Crippen LogP contribution in [0.4, 0.5) is 18.9 Å². The van der Waals surface area contributed by atoms with E-state index in [-0.39, 0.29) is 5.56 Å². The standard InChI is InChI=1S/C13H16F3N/c1-9-5-6-11(7-12(9)13(14,15)16)17-8-10-3-2-4-10/h5-7,10,17H,2-4,8H2,1H3. The Morgan fingerprint density at radius 2 is 2.00 bits per heavy atom. The molecule has 0 aromatic heterocycles. The van der Waals surface area contributed by atoms with Gasteiger partial charge in [0.05, 0.1) is 5.56 Å². The van der Waals surface area contributed by atoms with Gasteiger partial charge in [-0.15, -0.1) is 0 Å². The predicted molar refractivity (Wildman–Crippen MR) is 62.0 cm³/mol. The van der Waals surface area contributed by atoms with Crippen LogP contribution >= 0.6 is 0 Å². The Labute approximate surface area is 99.0 Å². The van der Waals surface area contributed by atoms with Crippen LogP contribution in [0, 0.1) is 12.8 Å². The molecule has 0 bridgehead atoms. The summed E-state index contributed by atoms with van der Waals surface area (Å²) in [6, 6.07) is 4.43. The average Bonchev–Trinajstić information content (AvgIpc) is 2.16. The van der Waals surface area contributed by atoms with Crippen molar-refractivity contribution in [1.29, 1.82) is 0 Å². The first-order valence-electron chi connectivity index (χ1n) is 5.88. The van der Waals surface area contributed by atoms with Gasteiger partial charge >= 0.3 is 6.18 Å². The maximum absolute atomic E-state index is 12.7. The Balaban J connectivity index is 2.07. The van der Waals surface area contributed by atoms with Crippen LogP contribution in [0.5, 0.6) is 0 Å². The van der Waals surface area contributed by atoms with Gasteiger partial charge in [0.25, 0.3) is 0 Å². The lowest BCUT2D eigenvalue weighted by atomic mass is 9.85. The fourth-order valence-corrected chi connectivity index (χ4v) is 2.00. The first-order valence-corrected chi connectivity index (χ1v) is 5.88. The highest BCUT2D eigenvalue weighted by Crippen LogP contribution is 2.34. The number of rotatable bonds is 3. The number of alkyl halides is 3. The Bertz CT molecular complexity index is 394. The van der Waals surface area contributed by atoms with Crippen molar-refractivity contribution in [2.45, 2.75) is 32.4 Å². The summed E-state index contributed by atoms with van der Waals surface area (Å²) in [5, 5.41) is 3.09. The maximum Gasteiger partial charge on any atom is 0.416 e. The number of hydrogen-bond acceptors (Lipinski definition) is 1. The van der Waals surface area contributed by atoms with Gasteiger partial charge in [0.2, 0.25) is 0 Å². The molecule has 0 heterocycles. The molecule has 0 saturated heterocycles. The molecule has 1 aromatic rings. The Hall–Kier alpha value is -1.19. The molecule has 4 heteroatoms. The molecular formula is C13H16F3N. The topological polar surface area (TPSA) is 12.0 Å². The minimum atomic E-state index is -4.27. The van der Waals surface area contributed by atoms with Gasteiger partial charge < -0.3 is 5.32 Å². The molecule has 2 rings (SSSR count). The number of anilines is 1. The molecule has 94 valence electrons. The van der Waals surface area contributed by atoms with Gasteiger partial charge in [0, 0.05) is 12.2 Å². The molecule has 1 aliphatic carbocycles. The van der Waals surface area contributed by atoms with E-state index in [0.29, 0.717) is 11.6 Å². The van der Waals surface area contributed by atoms with Crippen molar-refractivity contribution in [2.24, 2.45) is 5.92 Å². The van der Waals surface area contributed by atoms with Crippen LogP contribution in [-0.4, -0.2) is 6.54 Å². The summed E-state index contributed by atoms with van der Waals surface area (Å²) < 4.78 is 38.0. The van der Waals surface area contributed by atoms with Crippen molar-refractivity contribution >= 4 is 5.69 Å². The molecule has 1 nitrogen and oxygen atoms in total. The normalized spacial score (nSPS) is 16.7. The molecule has 1 fully saturated rings. The van der Waals surface area contributed by atoms with Crippen molar-refractivity contribution in [3.05, 3.63) is 29.3 Å².